The summed E-state index contributed by atoms with van der Waals surface area (Å²) in [6, 6.07) is 7.76. The molecular formula is C22H28N6O2. The predicted molar refractivity (Wildman–Crippen MR) is 114 cm³/mol. The van der Waals surface area contributed by atoms with Crippen molar-refractivity contribution < 1.29 is 4.74 Å². The number of hydrogen-bond donors (Lipinski definition) is 1. The zero-order valence-electron chi connectivity index (χ0n) is 17.4. The summed E-state index contributed by atoms with van der Waals surface area (Å²) >= 11 is 0. The van der Waals surface area contributed by atoms with Crippen LogP contribution < -0.4 is 10.3 Å². The lowest BCUT2D eigenvalue weighted by molar-refractivity contribution is 0.243. The van der Waals surface area contributed by atoms with Gasteiger partial charge in [-0.05, 0) is 73.5 Å². The molecule has 8 heteroatoms. The van der Waals surface area contributed by atoms with Crippen LogP contribution >= 0.6 is 0 Å². The van der Waals surface area contributed by atoms with Crippen LogP contribution in [-0.4, -0.2) is 50.3 Å². The fourth-order valence-electron chi connectivity index (χ4n) is 5.00. The van der Waals surface area contributed by atoms with Crippen LogP contribution in [-0.2, 0) is 0 Å². The maximum Gasteiger partial charge on any atom is 0.253 e. The van der Waals surface area contributed by atoms with Gasteiger partial charge in [0.05, 0.1) is 13.2 Å². The lowest BCUT2D eigenvalue weighted by Crippen LogP contribution is -2.34. The monoisotopic (exact) mass is 408 g/mol. The molecule has 1 atom stereocenters. The zero-order valence-corrected chi connectivity index (χ0v) is 17.4. The third kappa shape index (κ3) is 3.49. The Morgan fingerprint density at radius 3 is 2.67 bits per heavy atom. The van der Waals surface area contributed by atoms with Gasteiger partial charge in [0.25, 0.3) is 5.56 Å². The van der Waals surface area contributed by atoms with Crippen LogP contribution in [0.5, 0.6) is 5.75 Å². The van der Waals surface area contributed by atoms with Gasteiger partial charge in [0.15, 0.2) is 5.82 Å². The topological polar surface area (TPSA) is 88.9 Å². The van der Waals surface area contributed by atoms with Gasteiger partial charge < -0.3 is 9.72 Å². The van der Waals surface area contributed by atoms with Crippen LogP contribution in [0.4, 0.5) is 0 Å². The number of methoxy groups -OCH3 is 1. The summed E-state index contributed by atoms with van der Waals surface area (Å²) in [5.74, 6) is 1.56. The van der Waals surface area contributed by atoms with Crippen LogP contribution in [0, 0.1) is 0 Å². The minimum atomic E-state index is -0.247. The molecule has 1 aliphatic carbocycles. The molecule has 1 saturated heterocycles. The number of aromatic nitrogens is 5. The van der Waals surface area contributed by atoms with E-state index in [4.69, 9.17) is 4.74 Å². The lowest BCUT2D eigenvalue weighted by Gasteiger charge is -2.29. The molecule has 0 spiro atoms. The first-order valence-corrected chi connectivity index (χ1v) is 11.0. The van der Waals surface area contributed by atoms with Crippen LogP contribution in [0.3, 0.4) is 0 Å². The number of ether oxygens (including phenoxy) is 1. The van der Waals surface area contributed by atoms with Gasteiger partial charge in [-0.1, -0.05) is 19.3 Å². The van der Waals surface area contributed by atoms with Gasteiger partial charge in [-0.3, -0.25) is 9.69 Å². The standard InChI is InChI=1S/C22H28N6O2/c1-30-17-9-10-19-15(13-17)14-18(22(29)23-19)20(27-11-5-6-12-27)21-24-25-26-28(21)16-7-3-2-4-8-16/h9-10,13-14,16,20H,2-8,11-12H2,1H3,(H,23,29)/t20-/m1/s1. The minimum Gasteiger partial charge on any atom is -0.497 e. The number of rotatable bonds is 5. The van der Waals surface area contributed by atoms with Crippen molar-refractivity contribution in [3.05, 3.63) is 46.0 Å². The molecule has 2 aliphatic rings. The molecular weight excluding hydrogens is 380 g/mol. The fraction of sp³-hybridized carbons (Fsp3) is 0.545. The number of tetrazole rings is 1. The summed E-state index contributed by atoms with van der Waals surface area (Å²) in [6.45, 7) is 1.88. The summed E-state index contributed by atoms with van der Waals surface area (Å²) in [7, 11) is 1.65. The van der Waals surface area contributed by atoms with Crippen molar-refractivity contribution >= 4 is 10.9 Å². The van der Waals surface area contributed by atoms with Gasteiger partial charge in [0.2, 0.25) is 0 Å². The highest BCUT2D eigenvalue weighted by Crippen LogP contribution is 2.34. The van der Waals surface area contributed by atoms with Crippen molar-refractivity contribution in [3.63, 3.8) is 0 Å². The number of H-pyrrole nitrogens is 1. The Kier molecular flexibility index (Phi) is 5.25. The van der Waals surface area contributed by atoms with Gasteiger partial charge in [0.1, 0.15) is 11.8 Å². The van der Waals surface area contributed by atoms with E-state index in [0.29, 0.717) is 11.6 Å². The lowest BCUT2D eigenvalue weighted by atomic mass is 9.95. The van der Waals surface area contributed by atoms with Crippen molar-refractivity contribution in [2.45, 2.75) is 57.0 Å². The highest BCUT2D eigenvalue weighted by Gasteiger charge is 2.33. The Balaban J connectivity index is 1.63. The van der Waals surface area contributed by atoms with E-state index in [-0.39, 0.29) is 11.6 Å². The Morgan fingerprint density at radius 1 is 1.10 bits per heavy atom. The molecule has 3 aromatic rings. The van der Waals surface area contributed by atoms with Crippen molar-refractivity contribution in [2.75, 3.05) is 20.2 Å². The van der Waals surface area contributed by atoms with E-state index in [1.54, 1.807) is 7.11 Å². The quantitative estimate of drug-likeness (QED) is 0.697. The summed E-state index contributed by atoms with van der Waals surface area (Å²) in [5, 5.41) is 13.8. The van der Waals surface area contributed by atoms with Crippen molar-refractivity contribution in [2.24, 2.45) is 0 Å². The molecule has 0 amide bonds. The third-order valence-corrected chi connectivity index (χ3v) is 6.56. The maximum atomic E-state index is 13.2. The second kappa shape index (κ2) is 8.18. The van der Waals surface area contributed by atoms with E-state index in [9.17, 15) is 4.79 Å². The van der Waals surface area contributed by atoms with Crippen LogP contribution in [0.25, 0.3) is 10.9 Å². The SMILES string of the molecule is COc1ccc2[nH]c(=O)c([C@H](c3nnnn3C3CCCCC3)N3CCCC3)cc2c1. The van der Waals surface area contributed by atoms with Gasteiger partial charge in [-0.25, -0.2) is 4.68 Å². The summed E-state index contributed by atoms with van der Waals surface area (Å²) in [6.07, 6.45) is 8.12. The molecule has 1 saturated carbocycles. The Labute approximate surface area is 175 Å². The molecule has 0 bridgehead atoms. The number of hydrogen-bond acceptors (Lipinski definition) is 6. The number of pyridine rings is 1. The van der Waals surface area contributed by atoms with E-state index >= 15 is 0 Å². The second-order valence-corrected chi connectivity index (χ2v) is 8.43. The molecule has 5 rings (SSSR count). The fourth-order valence-corrected chi connectivity index (χ4v) is 5.00. The van der Waals surface area contributed by atoms with Crippen LogP contribution in [0.1, 0.15) is 68.4 Å². The molecule has 158 valence electrons. The minimum absolute atomic E-state index is 0.0808. The summed E-state index contributed by atoms with van der Waals surface area (Å²) in [4.78, 5) is 18.6. The first kappa shape index (κ1) is 19.2. The van der Waals surface area contributed by atoms with Gasteiger partial charge in [0, 0.05) is 16.5 Å². The number of aromatic amines is 1. The molecule has 0 unspecified atom stereocenters. The van der Waals surface area contributed by atoms with Crippen molar-refractivity contribution in [3.8, 4) is 5.75 Å². The largest absolute Gasteiger partial charge is 0.497 e. The molecule has 8 nitrogen and oxygen atoms in total. The first-order valence-electron chi connectivity index (χ1n) is 11.0. The van der Waals surface area contributed by atoms with E-state index < -0.39 is 0 Å². The van der Waals surface area contributed by atoms with Crippen LogP contribution in [0.15, 0.2) is 29.1 Å². The average Bonchev–Trinajstić information content (AvgIpc) is 3.48. The number of likely N-dealkylation sites (tertiary alicyclic amines) is 1. The average molecular weight is 409 g/mol. The second-order valence-electron chi connectivity index (χ2n) is 8.43. The molecule has 2 fully saturated rings. The van der Waals surface area contributed by atoms with Crippen molar-refractivity contribution in [1.29, 1.82) is 0 Å². The van der Waals surface area contributed by atoms with Gasteiger partial charge in [-0.2, -0.15) is 0 Å². The first-order chi connectivity index (χ1) is 14.7. The number of nitrogens with one attached hydrogen (secondary N) is 1. The molecule has 1 N–H and O–H groups in total. The van der Waals surface area contributed by atoms with Gasteiger partial charge >= 0.3 is 0 Å². The number of fused-ring (bicyclic) bond motifs is 1. The van der Waals surface area contributed by atoms with E-state index in [0.717, 1.165) is 61.2 Å². The van der Waals surface area contributed by atoms with E-state index in [2.05, 4.69) is 25.4 Å². The summed E-state index contributed by atoms with van der Waals surface area (Å²) < 4.78 is 7.38. The molecule has 30 heavy (non-hydrogen) atoms. The zero-order chi connectivity index (χ0) is 20.5. The molecule has 1 aromatic carbocycles. The summed E-state index contributed by atoms with van der Waals surface area (Å²) in [5.41, 5.74) is 1.42. The normalized spacial score (nSPS) is 19.4. The Hall–Kier alpha value is -2.74. The molecule has 3 heterocycles. The van der Waals surface area contributed by atoms with E-state index in [1.807, 2.05) is 28.9 Å². The smallest absolute Gasteiger partial charge is 0.253 e. The van der Waals surface area contributed by atoms with Crippen molar-refractivity contribution in [1.82, 2.24) is 30.1 Å². The number of benzene rings is 1. The van der Waals surface area contributed by atoms with E-state index in [1.165, 1.54) is 19.3 Å². The molecule has 2 aromatic heterocycles. The highest BCUT2D eigenvalue weighted by atomic mass is 16.5. The number of nitrogens with zero attached hydrogens (tertiary/aromatic N) is 5. The van der Waals surface area contributed by atoms with Crippen LogP contribution in [0.2, 0.25) is 0 Å². The third-order valence-electron chi connectivity index (χ3n) is 6.56. The Morgan fingerprint density at radius 2 is 1.90 bits per heavy atom. The molecule has 0 radical (unpaired) electrons. The Bertz CT molecular complexity index is 1080. The highest BCUT2D eigenvalue weighted by molar-refractivity contribution is 5.80. The molecule has 1 aliphatic heterocycles. The van der Waals surface area contributed by atoms with Gasteiger partial charge in [-0.15, -0.1) is 5.10 Å². The maximum absolute atomic E-state index is 13.2. The predicted octanol–water partition coefficient (Wildman–Crippen LogP) is 3.21.